The SMILES string of the molecule is Cc1ccc2c(c1-c1cccc[n+]1C)N(C)c1ncccc1[Si]2(C)C. The number of anilines is 2. The van der Waals surface area contributed by atoms with E-state index < -0.39 is 8.07 Å². The van der Waals surface area contributed by atoms with E-state index in [2.05, 4.69) is 92.2 Å². The number of nitrogens with zero attached hydrogens (tertiary/aromatic N) is 3. The number of pyridine rings is 2. The van der Waals surface area contributed by atoms with Crippen LogP contribution in [0.15, 0.2) is 54.9 Å². The van der Waals surface area contributed by atoms with Crippen LogP contribution < -0.4 is 19.8 Å². The molecule has 3 nitrogen and oxygen atoms in total. The van der Waals surface area contributed by atoms with E-state index in [9.17, 15) is 0 Å². The molecule has 1 aliphatic rings. The molecule has 1 aliphatic heterocycles. The highest BCUT2D eigenvalue weighted by Crippen LogP contribution is 2.37. The lowest BCUT2D eigenvalue weighted by Gasteiger charge is -2.39. The molecule has 0 N–H and O–H groups in total. The molecule has 3 aromatic rings. The number of fused-ring (bicyclic) bond motifs is 2. The third kappa shape index (κ3) is 2.24. The van der Waals surface area contributed by atoms with Gasteiger partial charge in [-0.05, 0) is 35.0 Å². The zero-order valence-corrected chi connectivity index (χ0v) is 16.5. The van der Waals surface area contributed by atoms with Crippen molar-refractivity contribution < 1.29 is 4.57 Å². The Morgan fingerprint density at radius 2 is 1.80 bits per heavy atom. The van der Waals surface area contributed by atoms with E-state index in [1.165, 1.54) is 32.9 Å². The highest BCUT2D eigenvalue weighted by atomic mass is 28.3. The molecule has 0 unspecified atom stereocenters. The van der Waals surface area contributed by atoms with Gasteiger partial charge in [0.25, 0.3) is 0 Å². The number of hydrogen-bond acceptors (Lipinski definition) is 2. The highest BCUT2D eigenvalue weighted by molar-refractivity contribution is 7.02. The zero-order chi connectivity index (χ0) is 17.8. The third-order valence-corrected chi connectivity index (χ3v) is 8.97. The summed E-state index contributed by atoms with van der Waals surface area (Å²) >= 11 is 0. The molecular weight excluding hydrogens is 322 g/mol. The maximum Gasteiger partial charge on any atom is 0.214 e. The molecule has 4 heteroatoms. The topological polar surface area (TPSA) is 20.0 Å². The largest absolute Gasteiger partial charge is 0.329 e. The molecule has 0 spiro atoms. The van der Waals surface area contributed by atoms with Gasteiger partial charge in [0.05, 0.1) is 11.3 Å². The van der Waals surface area contributed by atoms with E-state index in [4.69, 9.17) is 4.98 Å². The summed E-state index contributed by atoms with van der Waals surface area (Å²) in [6.45, 7) is 7.08. The maximum atomic E-state index is 4.74. The lowest BCUT2D eigenvalue weighted by atomic mass is 10.0. The van der Waals surface area contributed by atoms with Crippen LogP contribution in [-0.2, 0) is 7.05 Å². The normalized spacial score (nSPS) is 14.8. The summed E-state index contributed by atoms with van der Waals surface area (Å²) in [6.07, 6.45) is 4.02. The molecule has 3 heterocycles. The molecule has 4 rings (SSSR count). The summed E-state index contributed by atoms with van der Waals surface area (Å²) in [5.74, 6) is 1.11. The fourth-order valence-corrected chi connectivity index (χ4v) is 7.03. The average molecular weight is 347 g/mol. The van der Waals surface area contributed by atoms with Crippen molar-refractivity contribution >= 4 is 30.0 Å². The predicted octanol–water partition coefficient (Wildman–Crippen LogP) is 2.79. The molecule has 126 valence electrons. The first-order valence-electron chi connectivity index (χ1n) is 8.71. The molecule has 0 amide bonds. The van der Waals surface area contributed by atoms with E-state index in [-0.39, 0.29) is 0 Å². The van der Waals surface area contributed by atoms with Crippen molar-refractivity contribution in [3.05, 3.63) is 60.4 Å². The van der Waals surface area contributed by atoms with Gasteiger partial charge in [0.2, 0.25) is 5.69 Å². The Kier molecular flexibility index (Phi) is 3.54. The first-order chi connectivity index (χ1) is 11.9. The van der Waals surface area contributed by atoms with Gasteiger partial charge in [-0.2, -0.15) is 0 Å². The molecule has 2 aromatic heterocycles. The zero-order valence-electron chi connectivity index (χ0n) is 15.5. The Morgan fingerprint density at radius 3 is 2.56 bits per heavy atom. The van der Waals surface area contributed by atoms with Gasteiger partial charge in [-0.15, -0.1) is 0 Å². The van der Waals surface area contributed by atoms with Crippen LogP contribution in [0.3, 0.4) is 0 Å². The summed E-state index contributed by atoms with van der Waals surface area (Å²) in [4.78, 5) is 7.03. The Balaban J connectivity index is 2.09. The van der Waals surface area contributed by atoms with Crippen molar-refractivity contribution in [3.8, 4) is 11.3 Å². The van der Waals surface area contributed by atoms with Crippen LogP contribution in [0, 0.1) is 6.92 Å². The second-order valence-electron chi connectivity index (χ2n) is 7.41. The first kappa shape index (κ1) is 16.0. The van der Waals surface area contributed by atoms with Crippen molar-refractivity contribution in [2.24, 2.45) is 7.05 Å². The van der Waals surface area contributed by atoms with E-state index in [1.54, 1.807) is 0 Å². The van der Waals surface area contributed by atoms with Crippen LogP contribution in [0.1, 0.15) is 5.56 Å². The van der Waals surface area contributed by atoms with E-state index >= 15 is 0 Å². The second-order valence-corrected chi connectivity index (χ2v) is 11.7. The minimum atomic E-state index is -1.79. The molecule has 0 saturated heterocycles. The van der Waals surface area contributed by atoms with Crippen molar-refractivity contribution in [3.63, 3.8) is 0 Å². The summed E-state index contributed by atoms with van der Waals surface area (Å²) in [7, 11) is 2.48. The Bertz CT molecular complexity index is 979. The Morgan fingerprint density at radius 1 is 1.00 bits per heavy atom. The maximum absolute atomic E-state index is 4.74. The van der Waals surface area contributed by atoms with E-state index in [0.29, 0.717) is 0 Å². The van der Waals surface area contributed by atoms with Gasteiger partial charge in [-0.3, -0.25) is 0 Å². The van der Waals surface area contributed by atoms with Crippen LogP contribution in [0.25, 0.3) is 11.3 Å². The van der Waals surface area contributed by atoms with Gasteiger partial charge in [-0.1, -0.05) is 31.3 Å². The van der Waals surface area contributed by atoms with Crippen molar-refractivity contribution in [1.82, 2.24) is 4.98 Å². The summed E-state index contributed by atoms with van der Waals surface area (Å²) in [5, 5.41) is 2.90. The van der Waals surface area contributed by atoms with Gasteiger partial charge < -0.3 is 4.90 Å². The average Bonchev–Trinajstić information content (AvgIpc) is 2.60. The minimum Gasteiger partial charge on any atom is -0.329 e. The molecule has 0 saturated carbocycles. The van der Waals surface area contributed by atoms with Crippen LogP contribution in [0.4, 0.5) is 11.5 Å². The first-order valence-corrected chi connectivity index (χ1v) is 11.7. The third-order valence-electron chi connectivity index (χ3n) is 5.48. The second kappa shape index (κ2) is 5.53. The van der Waals surface area contributed by atoms with E-state index in [0.717, 1.165) is 5.82 Å². The Labute approximate surface area is 150 Å². The Hall–Kier alpha value is -2.46. The number of benzene rings is 1. The molecule has 1 aromatic carbocycles. The molecular formula is C21H24N3Si+. The number of hydrogen-bond donors (Lipinski definition) is 0. The summed E-state index contributed by atoms with van der Waals surface area (Å²) < 4.78 is 2.21. The van der Waals surface area contributed by atoms with Crippen molar-refractivity contribution in [2.75, 3.05) is 11.9 Å². The number of rotatable bonds is 1. The van der Waals surface area contributed by atoms with Gasteiger partial charge in [0.15, 0.2) is 6.20 Å². The fraction of sp³-hybridized carbons (Fsp3) is 0.238. The smallest absolute Gasteiger partial charge is 0.214 e. The van der Waals surface area contributed by atoms with Crippen molar-refractivity contribution in [2.45, 2.75) is 20.0 Å². The minimum absolute atomic E-state index is 1.11. The quantitative estimate of drug-likeness (QED) is 0.499. The van der Waals surface area contributed by atoms with Gasteiger partial charge in [0.1, 0.15) is 20.9 Å². The monoisotopic (exact) mass is 346 g/mol. The molecule has 0 fully saturated rings. The van der Waals surface area contributed by atoms with Gasteiger partial charge in [-0.25, -0.2) is 9.55 Å². The van der Waals surface area contributed by atoms with Crippen LogP contribution in [-0.4, -0.2) is 20.1 Å². The van der Waals surface area contributed by atoms with Gasteiger partial charge in [0, 0.05) is 25.4 Å². The lowest BCUT2D eigenvalue weighted by molar-refractivity contribution is -0.660. The van der Waals surface area contributed by atoms with Crippen molar-refractivity contribution in [1.29, 1.82) is 0 Å². The van der Waals surface area contributed by atoms with Crippen LogP contribution in [0.5, 0.6) is 0 Å². The molecule has 0 aliphatic carbocycles. The molecule has 0 radical (unpaired) electrons. The van der Waals surface area contributed by atoms with Gasteiger partial charge >= 0.3 is 0 Å². The van der Waals surface area contributed by atoms with E-state index in [1.807, 2.05) is 6.20 Å². The summed E-state index contributed by atoms with van der Waals surface area (Å²) in [6, 6.07) is 15.4. The predicted molar refractivity (Wildman–Crippen MR) is 107 cm³/mol. The highest BCUT2D eigenvalue weighted by Gasteiger charge is 2.40. The molecule has 0 atom stereocenters. The van der Waals surface area contributed by atoms with Crippen LogP contribution >= 0.6 is 0 Å². The van der Waals surface area contributed by atoms with Crippen LogP contribution in [0.2, 0.25) is 13.1 Å². The fourth-order valence-electron chi connectivity index (χ4n) is 4.05. The standard InChI is InChI=1S/C21H24N3Si/c1-15-11-12-17-20(19(15)16-9-6-7-14-23(16)2)24(3)21-18(25(17,4)5)10-8-13-22-21/h6-14H,1-5H3/q+1. The number of aryl methyl sites for hydroxylation is 2. The molecule has 0 bridgehead atoms. The summed E-state index contributed by atoms with van der Waals surface area (Å²) in [5.41, 5.74) is 5.19. The number of aromatic nitrogens is 2. The molecule has 25 heavy (non-hydrogen) atoms. The lowest BCUT2D eigenvalue weighted by Crippen LogP contribution is -2.59.